The molecule has 0 radical (unpaired) electrons. The Bertz CT molecular complexity index is 900. The molecular formula is C49H91NO5. The Morgan fingerprint density at radius 3 is 1.42 bits per heavy atom. The Morgan fingerprint density at radius 2 is 0.927 bits per heavy atom. The standard InChI is InChI=1S/C49H91NO5/c1-3-5-7-9-11-13-14-15-16-17-20-23-27-31-35-39-43-49(54)55-44-40-36-32-28-24-21-18-19-22-26-30-34-38-42-48(53)50-46(45-51)47(52)41-37-33-29-25-12-10-8-6-4-2/h19,22,30,34,37,41,46-47,51-52H,3-18,20-21,23-29,31-33,35-36,38-40,42-45H2,1-2H3,(H,50,53)/b22-19-,34-30-,41-37+. The molecule has 0 aliphatic heterocycles. The van der Waals surface area contributed by atoms with E-state index in [0.717, 1.165) is 51.4 Å². The van der Waals surface area contributed by atoms with E-state index < -0.39 is 12.1 Å². The van der Waals surface area contributed by atoms with Gasteiger partial charge in [0.05, 0.1) is 25.4 Å². The second kappa shape index (κ2) is 44.8. The molecule has 2 atom stereocenters. The van der Waals surface area contributed by atoms with Crippen molar-refractivity contribution in [2.24, 2.45) is 0 Å². The first-order valence-electron chi connectivity index (χ1n) is 23.8. The number of aliphatic hydroxyl groups excluding tert-OH is 2. The summed E-state index contributed by atoms with van der Waals surface area (Å²) < 4.78 is 5.45. The fourth-order valence-corrected chi connectivity index (χ4v) is 6.98. The lowest BCUT2D eigenvalue weighted by atomic mass is 10.0. The van der Waals surface area contributed by atoms with Gasteiger partial charge in [-0.2, -0.15) is 0 Å². The molecule has 0 bridgehead atoms. The van der Waals surface area contributed by atoms with Crippen LogP contribution in [0.2, 0.25) is 0 Å². The summed E-state index contributed by atoms with van der Waals surface area (Å²) in [6, 6.07) is -0.669. The molecule has 1 amide bonds. The molecular weight excluding hydrogens is 683 g/mol. The number of ether oxygens (including phenoxy) is 1. The molecule has 0 spiro atoms. The first-order chi connectivity index (χ1) is 27.0. The van der Waals surface area contributed by atoms with Crippen LogP contribution in [0.25, 0.3) is 0 Å². The van der Waals surface area contributed by atoms with Crippen molar-refractivity contribution in [1.82, 2.24) is 5.32 Å². The summed E-state index contributed by atoms with van der Waals surface area (Å²) in [6.07, 6.45) is 53.0. The number of rotatable bonds is 43. The molecule has 0 aliphatic rings. The van der Waals surface area contributed by atoms with E-state index in [0.29, 0.717) is 25.9 Å². The molecule has 0 saturated heterocycles. The molecule has 0 aliphatic carbocycles. The van der Waals surface area contributed by atoms with Gasteiger partial charge in [-0.05, 0) is 51.4 Å². The molecule has 322 valence electrons. The molecule has 2 unspecified atom stereocenters. The number of unbranched alkanes of at least 4 members (excludes halogenated alkanes) is 28. The quantitative estimate of drug-likeness (QED) is 0.0326. The molecule has 6 nitrogen and oxygen atoms in total. The van der Waals surface area contributed by atoms with Crippen LogP contribution < -0.4 is 5.32 Å². The lowest BCUT2D eigenvalue weighted by molar-refractivity contribution is -0.143. The van der Waals surface area contributed by atoms with Crippen molar-refractivity contribution < 1.29 is 24.5 Å². The van der Waals surface area contributed by atoms with Crippen molar-refractivity contribution in [2.75, 3.05) is 13.2 Å². The average molecular weight is 774 g/mol. The Balaban J connectivity index is 3.54. The predicted octanol–water partition coefficient (Wildman–Crippen LogP) is 13.7. The Kier molecular flexibility index (Phi) is 43.2. The maximum Gasteiger partial charge on any atom is 0.305 e. The van der Waals surface area contributed by atoms with Crippen molar-refractivity contribution in [3.63, 3.8) is 0 Å². The normalized spacial score (nSPS) is 13.0. The summed E-state index contributed by atoms with van der Waals surface area (Å²) in [5.74, 6) is -0.169. The van der Waals surface area contributed by atoms with Crippen LogP contribution in [0.1, 0.15) is 239 Å². The molecule has 0 saturated carbocycles. The zero-order chi connectivity index (χ0) is 40.1. The highest BCUT2D eigenvalue weighted by molar-refractivity contribution is 5.76. The van der Waals surface area contributed by atoms with Gasteiger partial charge >= 0.3 is 5.97 Å². The van der Waals surface area contributed by atoms with Crippen LogP contribution in [0.15, 0.2) is 36.5 Å². The van der Waals surface area contributed by atoms with Gasteiger partial charge in [0.25, 0.3) is 0 Å². The van der Waals surface area contributed by atoms with Gasteiger partial charge in [-0.25, -0.2) is 0 Å². The van der Waals surface area contributed by atoms with E-state index in [-0.39, 0.29) is 18.5 Å². The summed E-state index contributed by atoms with van der Waals surface area (Å²) in [7, 11) is 0. The second-order valence-corrected chi connectivity index (χ2v) is 16.1. The molecule has 0 aromatic rings. The minimum absolute atomic E-state index is 0.0164. The molecule has 3 N–H and O–H groups in total. The lowest BCUT2D eigenvalue weighted by Crippen LogP contribution is -2.45. The smallest absolute Gasteiger partial charge is 0.305 e. The number of amides is 1. The molecule has 0 aromatic carbocycles. The number of carbonyl (C=O) groups is 2. The van der Waals surface area contributed by atoms with E-state index in [1.54, 1.807) is 6.08 Å². The van der Waals surface area contributed by atoms with E-state index in [1.807, 2.05) is 12.2 Å². The predicted molar refractivity (Wildman–Crippen MR) is 236 cm³/mol. The third-order valence-corrected chi connectivity index (χ3v) is 10.7. The summed E-state index contributed by atoms with van der Waals surface area (Å²) in [5.41, 5.74) is 0. The summed E-state index contributed by atoms with van der Waals surface area (Å²) in [6.45, 7) is 4.80. The van der Waals surface area contributed by atoms with Gasteiger partial charge in [0.2, 0.25) is 5.91 Å². The van der Waals surface area contributed by atoms with Crippen LogP contribution in [0.4, 0.5) is 0 Å². The zero-order valence-electron chi connectivity index (χ0n) is 36.4. The van der Waals surface area contributed by atoms with Gasteiger partial charge < -0.3 is 20.3 Å². The van der Waals surface area contributed by atoms with Crippen molar-refractivity contribution in [3.05, 3.63) is 36.5 Å². The maximum atomic E-state index is 12.3. The van der Waals surface area contributed by atoms with Crippen molar-refractivity contribution >= 4 is 11.9 Å². The number of aliphatic hydroxyl groups is 2. The van der Waals surface area contributed by atoms with E-state index >= 15 is 0 Å². The topological polar surface area (TPSA) is 95.9 Å². The van der Waals surface area contributed by atoms with Gasteiger partial charge in [0, 0.05) is 12.8 Å². The fraction of sp³-hybridized carbons (Fsp3) is 0.837. The molecule has 0 aromatic heterocycles. The third kappa shape index (κ3) is 41.5. The number of hydrogen-bond donors (Lipinski definition) is 3. The van der Waals surface area contributed by atoms with E-state index in [2.05, 4.69) is 37.4 Å². The van der Waals surface area contributed by atoms with Gasteiger partial charge in [-0.3, -0.25) is 9.59 Å². The van der Waals surface area contributed by atoms with Gasteiger partial charge in [-0.1, -0.05) is 211 Å². The fourth-order valence-electron chi connectivity index (χ4n) is 6.98. The lowest BCUT2D eigenvalue weighted by Gasteiger charge is -2.19. The number of esters is 1. The van der Waals surface area contributed by atoms with Crippen LogP contribution in [-0.4, -0.2) is 47.4 Å². The van der Waals surface area contributed by atoms with Gasteiger partial charge in [0.1, 0.15) is 0 Å². The van der Waals surface area contributed by atoms with E-state index in [9.17, 15) is 19.8 Å². The van der Waals surface area contributed by atoms with Gasteiger partial charge in [0.15, 0.2) is 0 Å². The first-order valence-corrected chi connectivity index (χ1v) is 23.8. The molecule has 55 heavy (non-hydrogen) atoms. The summed E-state index contributed by atoms with van der Waals surface area (Å²) in [5, 5.41) is 22.8. The number of carbonyl (C=O) groups excluding carboxylic acids is 2. The van der Waals surface area contributed by atoms with Crippen LogP contribution in [0, 0.1) is 0 Å². The molecule has 0 heterocycles. The van der Waals surface area contributed by atoms with Crippen LogP contribution in [0.3, 0.4) is 0 Å². The van der Waals surface area contributed by atoms with Crippen molar-refractivity contribution in [2.45, 2.75) is 251 Å². The summed E-state index contributed by atoms with van der Waals surface area (Å²) >= 11 is 0. The van der Waals surface area contributed by atoms with Crippen molar-refractivity contribution in [3.8, 4) is 0 Å². The summed E-state index contributed by atoms with van der Waals surface area (Å²) in [4.78, 5) is 24.3. The molecule has 0 fully saturated rings. The Morgan fingerprint density at radius 1 is 0.509 bits per heavy atom. The number of nitrogens with one attached hydrogen (secondary N) is 1. The maximum absolute atomic E-state index is 12.3. The Labute approximate surface area is 341 Å². The minimum atomic E-state index is -0.876. The minimum Gasteiger partial charge on any atom is -0.466 e. The third-order valence-electron chi connectivity index (χ3n) is 10.7. The molecule has 0 rings (SSSR count). The number of hydrogen-bond acceptors (Lipinski definition) is 5. The zero-order valence-corrected chi connectivity index (χ0v) is 36.4. The van der Waals surface area contributed by atoms with Gasteiger partial charge in [-0.15, -0.1) is 0 Å². The van der Waals surface area contributed by atoms with Crippen molar-refractivity contribution in [1.29, 1.82) is 0 Å². The highest BCUT2D eigenvalue weighted by Crippen LogP contribution is 2.15. The largest absolute Gasteiger partial charge is 0.466 e. The second-order valence-electron chi connectivity index (χ2n) is 16.1. The highest BCUT2D eigenvalue weighted by atomic mass is 16.5. The highest BCUT2D eigenvalue weighted by Gasteiger charge is 2.17. The number of allylic oxidation sites excluding steroid dienone is 5. The average Bonchev–Trinajstić information content (AvgIpc) is 3.18. The first kappa shape index (κ1) is 53.1. The van der Waals surface area contributed by atoms with E-state index in [1.165, 1.54) is 154 Å². The van der Waals surface area contributed by atoms with Crippen LogP contribution in [-0.2, 0) is 14.3 Å². The molecule has 6 heteroatoms. The van der Waals surface area contributed by atoms with E-state index in [4.69, 9.17) is 4.74 Å². The van der Waals surface area contributed by atoms with Crippen LogP contribution >= 0.6 is 0 Å². The monoisotopic (exact) mass is 774 g/mol. The van der Waals surface area contributed by atoms with Crippen LogP contribution in [0.5, 0.6) is 0 Å². The Hall–Kier alpha value is -1.92. The SMILES string of the molecule is CCCCCCCCC/C=C/C(O)C(CO)NC(=O)CC/C=C\C/C=C\CCCCCCCCOC(=O)CCCCCCCCCCCCCCCCCC.